The summed E-state index contributed by atoms with van der Waals surface area (Å²) in [6, 6.07) is 12.8. The molecule has 4 heteroatoms. The zero-order valence-electron chi connectivity index (χ0n) is 12.2. The van der Waals surface area contributed by atoms with E-state index < -0.39 is 0 Å². The molecular weight excluding hydrogens is 289 g/mol. The fourth-order valence-electron chi connectivity index (χ4n) is 2.31. The van der Waals surface area contributed by atoms with Crippen molar-refractivity contribution in [3.63, 3.8) is 0 Å². The third kappa shape index (κ3) is 4.45. The highest BCUT2D eigenvalue weighted by molar-refractivity contribution is 6.31. The lowest BCUT2D eigenvalue weighted by atomic mass is 9.99. The van der Waals surface area contributed by atoms with Crippen LogP contribution in [0.5, 0.6) is 5.75 Å². The molecular formula is C17H19ClFNO. The van der Waals surface area contributed by atoms with Crippen LogP contribution in [0.4, 0.5) is 4.39 Å². The highest BCUT2D eigenvalue weighted by atomic mass is 35.5. The first-order chi connectivity index (χ1) is 10.1. The van der Waals surface area contributed by atoms with Crippen LogP contribution in [0.2, 0.25) is 5.02 Å². The molecule has 0 amide bonds. The van der Waals surface area contributed by atoms with Crippen LogP contribution in [0.1, 0.15) is 11.1 Å². The summed E-state index contributed by atoms with van der Waals surface area (Å²) < 4.78 is 18.3. The molecule has 2 aromatic carbocycles. The van der Waals surface area contributed by atoms with Gasteiger partial charge in [0.1, 0.15) is 11.6 Å². The van der Waals surface area contributed by atoms with Crippen LogP contribution in [0.15, 0.2) is 42.5 Å². The Morgan fingerprint density at radius 3 is 2.67 bits per heavy atom. The number of nitrogens with one attached hydrogen (secondary N) is 1. The van der Waals surface area contributed by atoms with Crippen LogP contribution in [0, 0.1) is 5.82 Å². The predicted molar refractivity (Wildman–Crippen MR) is 84.7 cm³/mol. The minimum absolute atomic E-state index is 0.222. The highest BCUT2D eigenvalue weighted by Crippen LogP contribution is 2.20. The Bertz CT molecular complexity index is 603. The van der Waals surface area contributed by atoms with Gasteiger partial charge in [-0.15, -0.1) is 0 Å². The van der Waals surface area contributed by atoms with Gasteiger partial charge >= 0.3 is 0 Å². The van der Waals surface area contributed by atoms with Gasteiger partial charge in [-0.05, 0) is 55.3 Å². The van der Waals surface area contributed by atoms with Crippen LogP contribution < -0.4 is 10.1 Å². The standard InChI is InChI=1S/C17H19ClFNO/c1-20-15(8-12-4-3-5-16(9-12)21-2)10-13-6-7-14(19)11-17(13)18/h3-7,9,11,15,20H,8,10H2,1-2H3. The van der Waals surface area contributed by atoms with Crippen LogP contribution in [0.25, 0.3) is 0 Å². The van der Waals surface area contributed by atoms with E-state index in [9.17, 15) is 4.39 Å². The van der Waals surface area contributed by atoms with Crippen LogP contribution in [-0.4, -0.2) is 20.2 Å². The minimum Gasteiger partial charge on any atom is -0.497 e. The predicted octanol–water partition coefficient (Wildman–Crippen LogP) is 3.86. The van der Waals surface area contributed by atoms with E-state index in [1.54, 1.807) is 13.2 Å². The largest absolute Gasteiger partial charge is 0.497 e. The molecule has 0 radical (unpaired) electrons. The Balaban J connectivity index is 2.09. The van der Waals surface area contributed by atoms with Crippen molar-refractivity contribution < 1.29 is 9.13 Å². The van der Waals surface area contributed by atoms with Crippen LogP contribution >= 0.6 is 11.6 Å². The van der Waals surface area contributed by atoms with Gasteiger partial charge in [0.25, 0.3) is 0 Å². The lowest BCUT2D eigenvalue weighted by Crippen LogP contribution is -2.30. The molecule has 0 saturated heterocycles. The summed E-state index contributed by atoms with van der Waals surface area (Å²) in [6.07, 6.45) is 1.59. The second-order valence-corrected chi connectivity index (χ2v) is 5.39. The molecule has 2 nitrogen and oxygen atoms in total. The molecule has 0 bridgehead atoms. The fraction of sp³-hybridized carbons (Fsp3) is 0.294. The fourth-order valence-corrected chi connectivity index (χ4v) is 2.56. The van der Waals surface area contributed by atoms with E-state index in [0.717, 1.165) is 24.2 Å². The first-order valence-corrected chi connectivity index (χ1v) is 7.24. The second-order valence-electron chi connectivity index (χ2n) is 4.98. The van der Waals surface area contributed by atoms with Gasteiger partial charge in [0.05, 0.1) is 7.11 Å². The molecule has 1 atom stereocenters. The van der Waals surface area contributed by atoms with E-state index in [4.69, 9.17) is 16.3 Å². The summed E-state index contributed by atoms with van der Waals surface area (Å²) in [6.45, 7) is 0. The Morgan fingerprint density at radius 1 is 1.19 bits per heavy atom. The van der Waals surface area contributed by atoms with Gasteiger partial charge in [0.2, 0.25) is 0 Å². The maximum absolute atomic E-state index is 13.1. The van der Waals surface area contributed by atoms with E-state index in [0.29, 0.717) is 5.02 Å². The topological polar surface area (TPSA) is 21.3 Å². The van der Waals surface area contributed by atoms with Gasteiger partial charge in [-0.3, -0.25) is 0 Å². The number of ether oxygens (including phenoxy) is 1. The van der Waals surface area contributed by atoms with Gasteiger partial charge in [0, 0.05) is 11.1 Å². The number of hydrogen-bond donors (Lipinski definition) is 1. The normalized spacial score (nSPS) is 12.2. The number of methoxy groups -OCH3 is 1. The van der Waals surface area contributed by atoms with Crippen molar-refractivity contribution in [1.82, 2.24) is 5.32 Å². The molecule has 0 spiro atoms. The van der Waals surface area contributed by atoms with Gasteiger partial charge in [-0.25, -0.2) is 4.39 Å². The van der Waals surface area contributed by atoms with Crippen molar-refractivity contribution in [2.45, 2.75) is 18.9 Å². The molecule has 112 valence electrons. The maximum Gasteiger partial charge on any atom is 0.124 e. The van der Waals surface area contributed by atoms with E-state index in [-0.39, 0.29) is 11.9 Å². The zero-order chi connectivity index (χ0) is 15.2. The SMILES string of the molecule is CNC(Cc1cccc(OC)c1)Cc1ccc(F)cc1Cl. The molecule has 0 fully saturated rings. The monoisotopic (exact) mass is 307 g/mol. The molecule has 1 unspecified atom stereocenters. The van der Waals surface area contributed by atoms with Crippen molar-refractivity contribution in [3.05, 3.63) is 64.4 Å². The van der Waals surface area contributed by atoms with E-state index in [1.165, 1.54) is 17.7 Å². The lowest BCUT2D eigenvalue weighted by molar-refractivity contribution is 0.414. The average molecular weight is 308 g/mol. The van der Waals surface area contributed by atoms with Gasteiger partial charge in [-0.1, -0.05) is 29.8 Å². The van der Waals surface area contributed by atoms with E-state index in [1.807, 2.05) is 25.2 Å². The Labute approximate surface area is 129 Å². The lowest BCUT2D eigenvalue weighted by Gasteiger charge is -2.17. The first-order valence-electron chi connectivity index (χ1n) is 6.86. The van der Waals surface area contributed by atoms with Crippen molar-refractivity contribution in [3.8, 4) is 5.75 Å². The Kier molecular flexibility index (Phi) is 5.59. The number of rotatable bonds is 6. The minimum atomic E-state index is -0.308. The number of likely N-dealkylation sites (N-methyl/N-ethyl adjacent to an activating group) is 1. The summed E-state index contributed by atoms with van der Waals surface area (Å²) in [7, 11) is 3.58. The first kappa shape index (κ1) is 15.8. The summed E-state index contributed by atoms with van der Waals surface area (Å²) in [5, 5.41) is 3.76. The molecule has 0 aliphatic heterocycles. The number of halogens is 2. The van der Waals surface area contributed by atoms with Crippen molar-refractivity contribution in [1.29, 1.82) is 0 Å². The molecule has 2 rings (SSSR count). The summed E-state index contributed by atoms with van der Waals surface area (Å²) in [5.41, 5.74) is 2.13. The average Bonchev–Trinajstić information content (AvgIpc) is 2.49. The third-order valence-corrected chi connectivity index (χ3v) is 3.86. The number of benzene rings is 2. The quantitative estimate of drug-likeness (QED) is 0.875. The summed E-state index contributed by atoms with van der Waals surface area (Å²) >= 11 is 6.09. The maximum atomic E-state index is 13.1. The van der Waals surface area contributed by atoms with E-state index in [2.05, 4.69) is 11.4 Å². The second kappa shape index (κ2) is 7.43. The van der Waals surface area contributed by atoms with Gasteiger partial charge in [0.15, 0.2) is 0 Å². The molecule has 21 heavy (non-hydrogen) atoms. The van der Waals surface area contributed by atoms with Crippen molar-refractivity contribution in [2.24, 2.45) is 0 Å². The zero-order valence-corrected chi connectivity index (χ0v) is 13.0. The van der Waals surface area contributed by atoms with E-state index >= 15 is 0 Å². The molecule has 0 aliphatic rings. The molecule has 0 aromatic heterocycles. The molecule has 0 aliphatic carbocycles. The van der Waals surface area contributed by atoms with Crippen LogP contribution in [-0.2, 0) is 12.8 Å². The van der Waals surface area contributed by atoms with Crippen molar-refractivity contribution in [2.75, 3.05) is 14.2 Å². The smallest absolute Gasteiger partial charge is 0.124 e. The Hall–Kier alpha value is -1.58. The molecule has 0 saturated carbocycles. The third-order valence-electron chi connectivity index (χ3n) is 3.51. The van der Waals surface area contributed by atoms with Crippen molar-refractivity contribution >= 4 is 11.6 Å². The molecule has 0 heterocycles. The highest BCUT2D eigenvalue weighted by Gasteiger charge is 2.12. The molecule has 1 N–H and O–H groups in total. The van der Waals surface area contributed by atoms with Gasteiger partial charge < -0.3 is 10.1 Å². The summed E-state index contributed by atoms with van der Waals surface area (Å²) in [5.74, 6) is 0.541. The summed E-state index contributed by atoms with van der Waals surface area (Å²) in [4.78, 5) is 0. The van der Waals surface area contributed by atoms with Gasteiger partial charge in [-0.2, -0.15) is 0 Å². The Morgan fingerprint density at radius 2 is 2.00 bits per heavy atom. The van der Waals surface area contributed by atoms with Crippen LogP contribution in [0.3, 0.4) is 0 Å². The molecule has 2 aromatic rings. The number of hydrogen-bond acceptors (Lipinski definition) is 2.